The Morgan fingerprint density at radius 2 is 1.60 bits per heavy atom. The highest BCUT2D eigenvalue weighted by atomic mass is 32.2. The minimum Gasteiger partial charge on any atom is -0.326 e. The first-order valence-electron chi connectivity index (χ1n) is 8.46. The first-order valence-corrected chi connectivity index (χ1v) is 9.94. The van der Waals surface area contributed by atoms with E-state index in [9.17, 15) is 13.2 Å². The Kier molecular flexibility index (Phi) is 5.20. The molecule has 3 rings (SSSR count). The van der Waals surface area contributed by atoms with Crippen molar-refractivity contribution in [1.82, 2.24) is 4.72 Å². The molecule has 25 heavy (non-hydrogen) atoms. The van der Waals surface area contributed by atoms with Crippen molar-refractivity contribution in [1.29, 1.82) is 0 Å². The molecule has 2 N–H and O–H groups in total. The molecule has 1 amide bonds. The quantitative estimate of drug-likeness (QED) is 0.799. The molecule has 1 aliphatic carbocycles. The van der Waals surface area contributed by atoms with Crippen LogP contribution in [0.4, 0.5) is 5.69 Å². The van der Waals surface area contributed by atoms with Gasteiger partial charge in [-0.2, -0.15) is 0 Å². The van der Waals surface area contributed by atoms with Crippen LogP contribution in [0.5, 0.6) is 0 Å². The van der Waals surface area contributed by atoms with Gasteiger partial charge in [-0.05, 0) is 54.7 Å². The summed E-state index contributed by atoms with van der Waals surface area (Å²) in [6.45, 7) is 2.23. The number of carbonyl (C=O) groups is 1. The summed E-state index contributed by atoms with van der Waals surface area (Å²) in [5.74, 6) is 0.217. The second-order valence-electron chi connectivity index (χ2n) is 6.28. The molecule has 1 saturated carbocycles. The maximum absolute atomic E-state index is 12.3. The average Bonchev–Trinajstić information content (AvgIpc) is 3.46. The first-order chi connectivity index (χ1) is 12.0. The van der Waals surface area contributed by atoms with E-state index in [0.29, 0.717) is 0 Å². The SMILES string of the molecule is CCc1ccc(S(=O)(=O)NCc2ccc(NC(=O)C3CC3)cc2)cc1. The number of nitrogens with one attached hydrogen (secondary N) is 2. The fraction of sp³-hybridized carbons (Fsp3) is 0.316. The van der Waals surface area contributed by atoms with Crippen molar-refractivity contribution in [3.8, 4) is 0 Å². The van der Waals surface area contributed by atoms with Crippen LogP contribution < -0.4 is 10.0 Å². The highest BCUT2D eigenvalue weighted by molar-refractivity contribution is 7.89. The molecular weight excluding hydrogens is 336 g/mol. The molecule has 0 bridgehead atoms. The number of sulfonamides is 1. The van der Waals surface area contributed by atoms with Crippen LogP contribution in [-0.4, -0.2) is 14.3 Å². The lowest BCUT2D eigenvalue weighted by Crippen LogP contribution is -2.23. The van der Waals surface area contributed by atoms with Gasteiger partial charge in [0.15, 0.2) is 0 Å². The van der Waals surface area contributed by atoms with E-state index in [2.05, 4.69) is 10.0 Å². The smallest absolute Gasteiger partial charge is 0.240 e. The van der Waals surface area contributed by atoms with E-state index in [1.807, 2.05) is 31.2 Å². The first kappa shape index (κ1) is 17.6. The molecule has 2 aromatic carbocycles. The summed E-state index contributed by atoms with van der Waals surface area (Å²) < 4.78 is 27.3. The topological polar surface area (TPSA) is 75.3 Å². The number of hydrogen-bond acceptors (Lipinski definition) is 3. The lowest BCUT2D eigenvalue weighted by molar-refractivity contribution is -0.117. The van der Waals surface area contributed by atoms with Crippen molar-refractivity contribution < 1.29 is 13.2 Å². The van der Waals surface area contributed by atoms with Gasteiger partial charge in [0.05, 0.1) is 4.90 Å². The maximum atomic E-state index is 12.3. The molecule has 6 heteroatoms. The van der Waals surface area contributed by atoms with Gasteiger partial charge in [-0.1, -0.05) is 31.2 Å². The van der Waals surface area contributed by atoms with E-state index >= 15 is 0 Å². The Hall–Kier alpha value is -2.18. The fourth-order valence-electron chi connectivity index (χ4n) is 2.46. The van der Waals surface area contributed by atoms with Gasteiger partial charge in [-0.25, -0.2) is 13.1 Å². The maximum Gasteiger partial charge on any atom is 0.240 e. The number of aryl methyl sites for hydroxylation is 1. The third-order valence-corrected chi connectivity index (χ3v) is 5.69. The summed E-state index contributed by atoms with van der Waals surface area (Å²) in [4.78, 5) is 12.0. The van der Waals surface area contributed by atoms with Gasteiger partial charge < -0.3 is 5.32 Å². The van der Waals surface area contributed by atoms with Crippen molar-refractivity contribution in [3.63, 3.8) is 0 Å². The third kappa shape index (κ3) is 4.67. The van der Waals surface area contributed by atoms with Crippen LogP contribution in [0.3, 0.4) is 0 Å². The Bertz CT molecular complexity index is 839. The van der Waals surface area contributed by atoms with Crippen molar-refractivity contribution in [2.75, 3.05) is 5.32 Å². The second kappa shape index (κ2) is 7.37. The van der Waals surface area contributed by atoms with E-state index in [1.54, 1.807) is 24.3 Å². The molecule has 0 atom stereocenters. The monoisotopic (exact) mass is 358 g/mol. The predicted octanol–water partition coefficient (Wildman–Crippen LogP) is 3.08. The van der Waals surface area contributed by atoms with Gasteiger partial charge >= 0.3 is 0 Å². The minimum absolute atomic E-state index is 0.0592. The summed E-state index contributed by atoms with van der Waals surface area (Å²) in [6, 6.07) is 14.1. The summed E-state index contributed by atoms with van der Waals surface area (Å²) in [7, 11) is -3.54. The summed E-state index contributed by atoms with van der Waals surface area (Å²) >= 11 is 0. The van der Waals surface area contributed by atoms with Gasteiger partial charge in [0.25, 0.3) is 0 Å². The van der Waals surface area contributed by atoms with Gasteiger partial charge in [-0.15, -0.1) is 0 Å². The van der Waals surface area contributed by atoms with Crippen LogP contribution in [0.25, 0.3) is 0 Å². The Labute approximate surface area is 148 Å². The molecule has 5 nitrogen and oxygen atoms in total. The molecule has 1 fully saturated rings. The highest BCUT2D eigenvalue weighted by Gasteiger charge is 2.29. The molecular formula is C19H22N2O3S. The van der Waals surface area contributed by atoms with Crippen LogP contribution in [0.1, 0.15) is 30.9 Å². The van der Waals surface area contributed by atoms with Crippen molar-refractivity contribution in [2.45, 2.75) is 37.6 Å². The van der Waals surface area contributed by atoms with Gasteiger partial charge in [0.2, 0.25) is 15.9 Å². The van der Waals surface area contributed by atoms with E-state index in [1.165, 1.54) is 0 Å². The van der Waals surface area contributed by atoms with E-state index in [0.717, 1.165) is 36.1 Å². The lowest BCUT2D eigenvalue weighted by Gasteiger charge is -2.09. The Morgan fingerprint density at radius 3 is 2.16 bits per heavy atom. The zero-order chi connectivity index (χ0) is 17.9. The van der Waals surface area contributed by atoms with Crippen LogP contribution >= 0.6 is 0 Å². The van der Waals surface area contributed by atoms with Crippen LogP contribution in [0.15, 0.2) is 53.4 Å². The Morgan fingerprint density at radius 1 is 1.00 bits per heavy atom. The molecule has 0 unspecified atom stereocenters. The highest BCUT2D eigenvalue weighted by Crippen LogP contribution is 2.30. The van der Waals surface area contributed by atoms with E-state index < -0.39 is 10.0 Å². The fourth-order valence-corrected chi connectivity index (χ4v) is 3.48. The van der Waals surface area contributed by atoms with E-state index in [4.69, 9.17) is 0 Å². The Balaban J connectivity index is 1.58. The zero-order valence-corrected chi connectivity index (χ0v) is 15.0. The second-order valence-corrected chi connectivity index (χ2v) is 8.05. The van der Waals surface area contributed by atoms with E-state index in [-0.39, 0.29) is 23.3 Å². The molecule has 2 aromatic rings. The number of hydrogen-bond donors (Lipinski definition) is 2. The van der Waals surface area contributed by atoms with Crippen LogP contribution in [0.2, 0.25) is 0 Å². The lowest BCUT2D eigenvalue weighted by atomic mass is 10.2. The minimum atomic E-state index is -3.54. The number of anilines is 1. The number of amides is 1. The number of benzene rings is 2. The van der Waals surface area contributed by atoms with Gasteiger partial charge in [-0.3, -0.25) is 4.79 Å². The third-order valence-electron chi connectivity index (χ3n) is 4.28. The molecule has 132 valence electrons. The summed E-state index contributed by atoms with van der Waals surface area (Å²) in [5.41, 5.74) is 2.67. The summed E-state index contributed by atoms with van der Waals surface area (Å²) in [5, 5.41) is 2.86. The summed E-state index contributed by atoms with van der Waals surface area (Å²) in [6.07, 6.45) is 2.80. The molecule has 0 spiro atoms. The average molecular weight is 358 g/mol. The molecule has 0 saturated heterocycles. The van der Waals surface area contributed by atoms with Crippen molar-refractivity contribution >= 4 is 21.6 Å². The van der Waals surface area contributed by atoms with Gasteiger partial charge in [0, 0.05) is 18.2 Å². The van der Waals surface area contributed by atoms with Gasteiger partial charge in [0.1, 0.15) is 0 Å². The molecule has 1 aliphatic rings. The van der Waals surface area contributed by atoms with Crippen molar-refractivity contribution in [3.05, 3.63) is 59.7 Å². The predicted molar refractivity (Wildman–Crippen MR) is 97.6 cm³/mol. The standard InChI is InChI=1S/C19H22N2O3S/c1-2-14-5-11-18(12-6-14)25(23,24)20-13-15-3-9-17(10-4-15)21-19(22)16-7-8-16/h3-6,9-12,16,20H,2,7-8,13H2,1H3,(H,21,22). The molecule has 0 heterocycles. The van der Waals surface area contributed by atoms with Crippen LogP contribution in [0, 0.1) is 5.92 Å². The zero-order valence-electron chi connectivity index (χ0n) is 14.2. The largest absolute Gasteiger partial charge is 0.326 e. The van der Waals surface area contributed by atoms with Crippen LogP contribution in [-0.2, 0) is 27.8 Å². The number of carbonyl (C=O) groups excluding carboxylic acids is 1. The molecule has 0 aromatic heterocycles. The molecule has 0 radical (unpaired) electrons. The van der Waals surface area contributed by atoms with Crippen molar-refractivity contribution in [2.24, 2.45) is 5.92 Å². The number of rotatable bonds is 7. The molecule has 0 aliphatic heterocycles. The normalized spacial score (nSPS) is 14.3.